The second-order valence-corrected chi connectivity index (χ2v) is 24.2. The molecule has 0 radical (unpaired) electrons. The van der Waals surface area contributed by atoms with Gasteiger partial charge in [0.2, 0.25) is 0 Å². The van der Waals surface area contributed by atoms with Gasteiger partial charge in [-0.3, -0.25) is 0 Å². The van der Waals surface area contributed by atoms with Gasteiger partial charge in [0.05, 0.1) is 39.0 Å². The van der Waals surface area contributed by atoms with Gasteiger partial charge < -0.3 is 9.13 Å². The summed E-state index contributed by atoms with van der Waals surface area (Å²) in [7, 11) is 0. The standard InChI is InChI=1S/C68H64N6/c1-65(2,3)45-27-32-58-51(37-45)52-38-46(66(4,5)6)28-33-59(52)73(58)56-25-19-24-49(55(56)41-69)50-36-44(64-71-62(42-20-15-13-16-21-42)70-63(72-64)43-22-17-14-18-23-43)26-31-57(50)74-60-34-29-47(67(7,8)9)39-53(60)54-40-48(68(10,11)12)30-35-61(54)74/h13-40H,1-12H3. The van der Waals surface area contributed by atoms with Gasteiger partial charge in [0, 0.05) is 49.4 Å². The minimum absolute atomic E-state index is 0.0545. The summed E-state index contributed by atoms with van der Waals surface area (Å²) in [5.41, 5.74) is 15.8. The van der Waals surface area contributed by atoms with E-state index in [0.29, 0.717) is 23.0 Å². The van der Waals surface area contributed by atoms with E-state index in [-0.39, 0.29) is 21.7 Å². The molecule has 8 aromatic carbocycles. The maximum Gasteiger partial charge on any atom is 0.164 e. The first-order valence-corrected chi connectivity index (χ1v) is 25.9. The Labute approximate surface area is 436 Å². The zero-order chi connectivity index (χ0) is 52.1. The Morgan fingerprint density at radius 1 is 0.338 bits per heavy atom. The van der Waals surface area contributed by atoms with E-state index in [2.05, 4.69) is 207 Å². The summed E-state index contributed by atoms with van der Waals surface area (Å²) in [6.07, 6.45) is 0. The molecule has 6 nitrogen and oxygen atoms in total. The highest BCUT2D eigenvalue weighted by Crippen LogP contribution is 2.44. The van der Waals surface area contributed by atoms with E-state index in [1.165, 1.54) is 43.8 Å². The van der Waals surface area contributed by atoms with E-state index in [1.54, 1.807) is 0 Å². The van der Waals surface area contributed by atoms with Crippen LogP contribution >= 0.6 is 0 Å². The van der Waals surface area contributed by atoms with Crippen molar-refractivity contribution in [3.05, 3.63) is 198 Å². The van der Waals surface area contributed by atoms with Gasteiger partial charge in [-0.2, -0.15) is 5.26 Å². The number of rotatable bonds is 6. The van der Waals surface area contributed by atoms with Crippen LogP contribution in [-0.2, 0) is 21.7 Å². The number of fused-ring (bicyclic) bond motifs is 6. The Hall–Kier alpha value is -8.14. The number of hydrogen-bond acceptors (Lipinski definition) is 4. The molecule has 0 aliphatic carbocycles. The van der Waals surface area contributed by atoms with Crippen molar-refractivity contribution in [3.8, 4) is 62.7 Å². The number of benzene rings is 8. The van der Waals surface area contributed by atoms with Crippen molar-refractivity contribution in [2.24, 2.45) is 0 Å². The summed E-state index contributed by atoms with van der Waals surface area (Å²) < 4.78 is 4.71. The van der Waals surface area contributed by atoms with Crippen LogP contribution in [0.2, 0.25) is 0 Å². The van der Waals surface area contributed by atoms with Crippen LogP contribution in [0.15, 0.2) is 170 Å². The van der Waals surface area contributed by atoms with Crippen molar-refractivity contribution in [1.82, 2.24) is 24.1 Å². The fourth-order valence-corrected chi connectivity index (χ4v) is 10.5. The molecular weight excluding hydrogens is 901 g/mol. The zero-order valence-electron chi connectivity index (χ0n) is 44.8. The van der Waals surface area contributed by atoms with E-state index in [4.69, 9.17) is 15.0 Å². The minimum Gasteiger partial charge on any atom is -0.309 e. The van der Waals surface area contributed by atoms with E-state index >= 15 is 0 Å². The van der Waals surface area contributed by atoms with E-state index in [1.807, 2.05) is 60.7 Å². The second kappa shape index (κ2) is 17.5. The van der Waals surface area contributed by atoms with Gasteiger partial charge in [-0.25, -0.2) is 15.0 Å². The van der Waals surface area contributed by atoms with Crippen LogP contribution in [0.25, 0.3) is 100 Å². The number of aromatic nitrogens is 5. The molecule has 0 aliphatic rings. The fraction of sp³-hybridized carbons (Fsp3) is 0.235. The van der Waals surface area contributed by atoms with Crippen LogP contribution in [0.5, 0.6) is 0 Å². The molecule has 6 heteroatoms. The molecule has 11 aromatic rings. The van der Waals surface area contributed by atoms with Gasteiger partial charge >= 0.3 is 0 Å². The van der Waals surface area contributed by atoms with Crippen LogP contribution in [0.3, 0.4) is 0 Å². The average Bonchev–Trinajstić information content (AvgIpc) is 3.90. The van der Waals surface area contributed by atoms with E-state index < -0.39 is 0 Å². The Morgan fingerprint density at radius 3 is 1.07 bits per heavy atom. The van der Waals surface area contributed by atoms with E-state index in [9.17, 15) is 5.26 Å². The van der Waals surface area contributed by atoms with Crippen molar-refractivity contribution in [2.45, 2.75) is 105 Å². The molecule has 0 saturated heterocycles. The molecule has 0 aliphatic heterocycles. The number of nitriles is 1. The molecule has 0 N–H and O–H groups in total. The first-order valence-electron chi connectivity index (χ1n) is 25.9. The lowest BCUT2D eigenvalue weighted by Gasteiger charge is -2.21. The maximum absolute atomic E-state index is 11.8. The van der Waals surface area contributed by atoms with Crippen molar-refractivity contribution < 1.29 is 0 Å². The minimum atomic E-state index is -0.0591. The van der Waals surface area contributed by atoms with Gasteiger partial charge in [-0.15, -0.1) is 0 Å². The lowest BCUT2D eigenvalue weighted by atomic mass is 9.85. The maximum atomic E-state index is 11.8. The second-order valence-electron chi connectivity index (χ2n) is 24.2. The lowest BCUT2D eigenvalue weighted by molar-refractivity contribution is 0.590. The first-order chi connectivity index (χ1) is 35.2. The number of nitrogens with zero attached hydrogens (tertiary/aromatic N) is 6. The molecule has 74 heavy (non-hydrogen) atoms. The quantitative estimate of drug-likeness (QED) is 0.166. The van der Waals surface area contributed by atoms with Crippen molar-refractivity contribution in [1.29, 1.82) is 5.26 Å². The molecule has 3 heterocycles. The molecule has 0 spiro atoms. The number of hydrogen-bond donors (Lipinski definition) is 0. The molecule has 366 valence electrons. The normalized spacial score (nSPS) is 12.6. The van der Waals surface area contributed by atoms with Gasteiger partial charge in [0.1, 0.15) is 6.07 Å². The smallest absolute Gasteiger partial charge is 0.164 e. The molecule has 0 fully saturated rings. The molecule has 0 saturated carbocycles. The van der Waals surface area contributed by atoms with Crippen LogP contribution in [-0.4, -0.2) is 24.1 Å². The molecule has 0 bridgehead atoms. The molecule has 3 aromatic heterocycles. The zero-order valence-corrected chi connectivity index (χ0v) is 44.8. The predicted molar refractivity (Wildman–Crippen MR) is 310 cm³/mol. The highest BCUT2D eigenvalue weighted by molar-refractivity contribution is 6.12. The van der Waals surface area contributed by atoms with Crippen molar-refractivity contribution in [3.63, 3.8) is 0 Å². The largest absolute Gasteiger partial charge is 0.309 e. The highest BCUT2D eigenvalue weighted by Gasteiger charge is 2.27. The van der Waals surface area contributed by atoms with E-state index in [0.717, 1.165) is 61.3 Å². The third-order valence-corrected chi connectivity index (χ3v) is 14.9. The summed E-state index contributed by atoms with van der Waals surface area (Å²) in [5, 5.41) is 16.5. The molecular formula is C68H64N6. The van der Waals surface area contributed by atoms with Crippen LogP contribution in [0, 0.1) is 11.3 Å². The molecule has 0 atom stereocenters. The first kappa shape index (κ1) is 48.1. The monoisotopic (exact) mass is 965 g/mol. The van der Waals surface area contributed by atoms with Crippen molar-refractivity contribution in [2.75, 3.05) is 0 Å². The highest BCUT2D eigenvalue weighted by atomic mass is 15.0. The summed E-state index contributed by atoms with van der Waals surface area (Å²) in [6, 6.07) is 63.4. The molecule has 0 amide bonds. The Morgan fingerprint density at radius 2 is 0.703 bits per heavy atom. The van der Waals surface area contributed by atoms with Crippen LogP contribution < -0.4 is 0 Å². The summed E-state index contributed by atoms with van der Waals surface area (Å²) >= 11 is 0. The summed E-state index contributed by atoms with van der Waals surface area (Å²) in [4.78, 5) is 15.5. The fourth-order valence-electron chi connectivity index (χ4n) is 10.5. The summed E-state index contributed by atoms with van der Waals surface area (Å²) in [5.74, 6) is 1.71. The topological polar surface area (TPSA) is 72.3 Å². The van der Waals surface area contributed by atoms with Crippen LogP contribution in [0.4, 0.5) is 0 Å². The SMILES string of the molecule is CC(C)(C)c1ccc2c(c1)c1cc(C(C)(C)C)ccc1n2-c1ccc(-c2nc(-c3ccccc3)nc(-c3ccccc3)n2)cc1-c1cccc(-n2c3ccc(C(C)(C)C)cc3c3cc(C(C)(C)C)ccc32)c1C#N. The van der Waals surface area contributed by atoms with Gasteiger partial charge in [0.15, 0.2) is 17.5 Å². The predicted octanol–water partition coefficient (Wildman–Crippen LogP) is 17.8. The van der Waals surface area contributed by atoms with Gasteiger partial charge in [-0.1, -0.05) is 180 Å². The Balaban J connectivity index is 1.23. The molecule has 11 rings (SSSR count). The Bertz CT molecular complexity index is 3840. The average molecular weight is 965 g/mol. The van der Waals surface area contributed by atoms with Gasteiger partial charge in [0.25, 0.3) is 0 Å². The third kappa shape index (κ3) is 8.44. The molecule has 0 unspecified atom stereocenters. The van der Waals surface area contributed by atoms with Crippen LogP contribution in [0.1, 0.15) is 111 Å². The third-order valence-electron chi connectivity index (χ3n) is 14.9. The summed E-state index contributed by atoms with van der Waals surface area (Å²) in [6.45, 7) is 27.3. The van der Waals surface area contributed by atoms with Crippen molar-refractivity contribution >= 4 is 43.6 Å². The lowest BCUT2D eigenvalue weighted by Crippen LogP contribution is -2.10. The Kier molecular flexibility index (Phi) is 11.4. The van der Waals surface area contributed by atoms with Gasteiger partial charge in [-0.05, 0) is 117 Å².